The summed E-state index contributed by atoms with van der Waals surface area (Å²) in [5, 5.41) is 30.1. The second kappa shape index (κ2) is 11.5. The van der Waals surface area contributed by atoms with Crippen molar-refractivity contribution in [2.45, 2.75) is 12.5 Å². The Labute approximate surface area is 225 Å². The number of benzene rings is 3. The minimum atomic E-state index is -1.34. The third kappa shape index (κ3) is 6.11. The molecule has 1 atom stereocenters. The molecule has 37 heavy (non-hydrogen) atoms. The van der Waals surface area contributed by atoms with Gasteiger partial charge in [-0.15, -0.1) is 5.11 Å². The van der Waals surface area contributed by atoms with Gasteiger partial charge in [-0.05, 0) is 42.0 Å². The van der Waals surface area contributed by atoms with Gasteiger partial charge in [-0.1, -0.05) is 58.8 Å². The van der Waals surface area contributed by atoms with Crippen molar-refractivity contribution in [2.24, 2.45) is 10.2 Å². The van der Waals surface area contributed by atoms with Crippen LogP contribution in [0, 0.1) is 10.1 Å². The van der Waals surface area contributed by atoms with Gasteiger partial charge in [0.05, 0.1) is 32.6 Å². The Morgan fingerprint density at radius 2 is 1.81 bits per heavy atom. The van der Waals surface area contributed by atoms with Crippen molar-refractivity contribution in [1.29, 1.82) is 0 Å². The maximum atomic E-state index is 11.9. The zero-order valence-electron chi connectivity index (χ0n) is 19.2. The van der Waals surface area contributed by atoms with Crippen molar-refractivity contribution < 1.29 is 19.6 Å². The first-order valence-corrected chi connectivity index (χ1v) is 12.3. The number of para-hydroxylation sites is 1. The Bertz CT molecular complexity index is 1490. The maximum Gasteiger partial charge on any atom is 0.330 e. The highest BCUT2D eigenvalue weighted by molar-refractivity contribution is 7.19. The van der Waals surface area contributed by atoms with Crippen LogP contribution in [0.4, 0.5) is 10.8 Å². The summed E-state index contributed by atoms with van der Waals surface area (Å²) in [6.45, 7) is 0. The molecule has 0 spiro atoms. The number of nitro groups is 1. The fourth-order valence-electron chi connectivity index (χ4n) is 3.50. The molecule has 1 N–H and O–H groups in total. The summed E-state index contributed by atoms with van der Waals surface area (Å²) in [7, 11) is 1.57. The molecule has 3 aromatic carbocycles. The Kier molecular flexibility index (Phi) is 8.12. The van der Waals surface area contributed by atoms with Gasteiger partial charge in [-0.2, -0.15) is 5.11 Å². The van der Waals surface area contributed by atoms with Crippen molar-refractivity contribution in [1.82, 2.24) is 4.98 Å². The first-order valence-electron chi connectivity index (χ1n) is 10.7. The first kappa shape index (κ1) is 26.2. The smallest absolute Gasteiger partial charge is 0.330 e. The van der Waals surface area contributed by atoms with Gasteiger partial charge >= 0.3 is 5.97 Å². The number of nitro benzene ring substituents is 1. The van der Waals surface area contributed by atoms with Gasteiger partial charge in [0.1, 0.15) is 5.75 Å². The van der Waals surface area contributed by atoms with Crippen LogP contribution in [0.3, 0.4) is 0 Å². The molecule has 0 saturated heterocycles. The van der Waals surface area contributed by atoms with Crippen molar-refractivity contribution in [3.63, 3.8) is 0 Å². The molecule has 0 amide bonds. The number of aromatic nitrogens is 1. The lowest BCUT2D eigenvalue weighted by atomic mass is 10.0. The summed E-state index contributed by atoms with van der Waals surface area (Å²) in [6, 6.07) is 17.0. The van der Waals surface area contributed by atoms with Crippen molar-refractivity contribution >= 4 is 51.3 Å². The SMILES string of the molecule is COc1ccc(-c2nc(N=NC(Cc3ccccc3[N+](=O)[O-])C(=O)O)sc2-c2ccc(Cl)c(Cl)c2)cc1. The number of carboxylic acids is 1. The van der Waals surface area contributed by atoms with E-state index < -0.39 is 16.9 Å². The van der Waals surface area contributed by atoms with Crippen LogP contribution in [0.1, 0.15) is 5.56 Å². The quantitative estimate of drug-likeness (QED) is 0.129. The van der Waals surface area contributed by atoms with Crippen LogP contribution in [0.25, 0.3) is 21.7 Å². The second-order valence-electron chi connectivity index (χ2n) is 7.69. The highest BCUT2D eigenvalue weighted by Gasteiger charge is 2.23. The first-order chi connectivity index (χ1) is 17.8. The Morgan fingerprint density at radius 3 is 2.46 bits per heavy atom. The highest BCUT2D eigenvalue weighted by Crippen LogP contribution is 2.42. The molecule has 9 nitrogen and oxygen atoms in total. The third-order valence-electron chi connectivity index (χ3n) is 5.33. The molecule has 12 heteroatoms. The van der Waals surface area contributed by atoms with Gasteiger partial charge in [0.2, 0.25) is 5.13 Å². The predicted octanol–water partition coefficient (Wildman–Crippen LogP) is 7.48. The standard InChI is InChI=1S/C25H18Cl2N4O5S/c1-36-17-9-6-14(7-10-17)22-23(16-8-11-18(26)19(27)12-16)37-25(28-22)30-29-20(24(32)33)13-15-4-2-3-5-21(15)31(34)35/h2-12,20H,13H2,1H3,(H,32,33). The van der Waals surface area contributed by atoms with E-state index in [1.54, 1.807) is 43.5 Å². The highest BCUT2D eigenvalue weighted by atomic mass is 35.5. The zero-order valence-corrected chi connectivity index (χ0v) is 21.5. The lowest BCUT2D eigenvalue weighted by Gasteiger charge is -2.06. The molecule has 1 heterocycles. The predicted molar refractivity (Wildman–Crippen MR) is 142 cm³/mol. The molecule has 0 bridgehead atoms. The fraction of sp³-hybridized carbons (Fsp3) is 0.120. The number of hydrogen-bond donors (Lipinski definition) is 1. The Balaban J connectivity index is 1.72. The molecule has 0 fully saturated rings. The van der Waals surface area contributed by atoms with E-state index in [4.69, 9.17) is 27.9 Å². The van der Waals surface area contributed by atoms with Gasteiger partial charge < -0.3 is 9.84 Å². The van der Waals surface area contributed by atoms with Crippen LogP contribution >= 0.6 is 34.5 Å². The summed E-state index contributed by atoms with van der Waals surface area (Å²) in [5.41, 5.74) is 2.17. The van der Waals surface area contributed by atoms with E-state index >= 15 is 0 Å². The maximum absolute atomic E-state index is 11.9. The average molecular weight is 557 g/mol. The number of methoxy groups -OCH3 is 1. The molecule has 0 aliphatic heterocycles. The van der Waals surface area contributed by atoms with E-state index in [1.165, 1.54) is 29.5 Å². The molecule has 1 unspecified atom stereocenters. The normalized spacial score (nSPS) is 12.0. The molecule has 188 valence electrons. The van der Waals surface area contributed by atoms with Crippen molar-refractivity contribution in [2.75, 3.05) is 7.11 Å². The molecule has 4 aromatic rings. The number of halogens is 2. The molecule has 4 rings (SSSR count). The van der Waals surface area contributed by atoms with Crippen molar-refractivity contribution in [3.8, 4) is 27.4 Å². The lowest BCUT2D eigenvalue weighted by Crippen LogP contribution is -2.20. The minimum absolute atomic E-state index is 0.179. The van der Waals surface area contributed by atoms with Gasteiger partial charge in [0.15, 0.2) is 6.04 Å². The van der Waals surface area contributed by atoms with E-state index in [2.05, 4.69) is 15.2 Å². The van der Waals surface area contributed by atoms with Gasteiger partial charge in [0.25, 0.3) is 5.69 Å². The van der Waals surface area contributed by atoms with Crippen LogP contribution in [0.2, 0.25) is 10.0 Å². The Morgan fingerprint density at radius 1 is 1.11 bits per heavy atom. The minimum Gasteiger partial charge on any atom is -0.497 e. The second-order valence-corrected chi connectivity index (χ2v) is 9.48. The molecule has 0 radical (unpaired) electrons. The number of carboxylic acid groups (broad SMARTS) is 1. The van der Waals surface area contributed by atoms with Crippen LogP contribution in [-0.4, -0.2) is 34.1 Å². The lowest BCUT2D eigenvalue weighted by molar-refractivity contribution is -0.385. The molecule has 1 aromatic heterocycles. The molecule has 0 aliphatic rings. The number of hydrogen-bond acceptors (Lipinski definition) is 8. The molecular formula is C25H18Cl2N4O5S. The van der Waals surface area contributed by atoms with Crippen LogP contribution in [0.15, 0.2) is 77.0 Å². The van der Waals surface area contributed by atoms with Gasteiger partial charge in [-0.25, -0.2) is 9.78 Å². The van der Waals surface area contributed by atoms with Crippen LogP contribution in [0.5, 0.6) is 5.75 Å². The summed E-state index contributed by atoms with van der Waals surface area (Å²) in [5.74, 6) is -0.590. The third-order valence-corrected chi connectivity index (χ3v) is 7.06. The summed E-state index contributed by atoms with van der Waals surface area (Å²) in [6.07, 6.45) is -0.202. The monoisotopic (exact) mass is 556 g/mol. The largest absolute Gasteiger partial charge is 0.497 e. The number of nitrogens with zero attached hydrogens (tertiary/aromatic N) is 4. The number of ether oxygens (including phenoxy) is 1. The average Bonchev–Trinajstić information content (AvgIpc) is 3.32. The summed E-state index contributed by atoms with van der Waals surface area (Å²) in [4.78, 5) is 27.9. The van der Waals surface area contributed by atoms with Gasteiger partial charge in [0, 0.05) is 23.6 Å². The molecule has 0 saturated carbocycles. The van der Waals surface area contributed by atoms with Gasteiger partial charge in [-0.3, -0.25) is 10.1 Å². The van der Waals surface area contributed by atoms with E-state index in [0.29, 0.717) is 21.5 Å². The van der Waals surface area contributed by atoms with E-state index in [9.17, 15) is 20.0 Å². The van der Waals surface area contributed by atoms with E-state index in [1.807, 2.05) is 12.1 Å². The topological polar surface area (TPSA) is 127 Å². The summed E-state index contributed by atoms with van der Waals surface area (Å²) >= 11 is 13.5. The fourth-order valence-corrected chi connectivity index (χ4v) is 4.71. The molecular weight excluding hydrogens is 539 g/mol. The van der Waals surface area contributed by atoms with Crippen molar-refractivity contribution in [3.05, 3.63) is 92.5 Å². The number of thiazole rings is 1. The zero-order chi connectivity index (χ0) is 26.5. The summed E-state index contributed by atoms with van der Waals surface area (Å²) < 4.78 is 5.23. The number of carbonyl (C=O) groups is 1. The van der Waals surface area contributed by atoms with Crippen LogP contribution < -0.4 is 4.74 Å². The number of azo groups is 1. The van der Waals surface area contributed by atoms with E-state index in [0.717, 1.165) is 16.0 Å². The Hall–Kier alpha value is -3.86. The van der Waals surface area contributed by atoms with E-state index in [-0.39, 0.29) is 22.8 Å². The number of rotatable bonds is 9. The van der Waals surface area contributed by atoms with Crippen LogP contribution in [-0.2, 0) is 11.2 Å². The molecule has 0 aliphatic carbocycles. The number of aliphatic carboxylic acids is 1.